The molecule has 0 fully saturated rings. The lowest BCUT2D eigenvalue weighted by Gasteiger charge is -2.10. The number of halogens is 3. The number of pyridine rings is 1. The predicted molar refractivity (Wildman–Crippen MR) is 64.2 cm³/mol. The number of nitrogens with zero attached hydrogens (tertiary/aromatic N) is 1. The fourth-order valence-electron chi connectivity index (χ4n) is 1.92. The largest absolute Gasteiger partial charge is 0.416 e. The van der Waals surface area contributed by atoms with Crippen molar-refractivity contribution in [3.05, 3.63) is 41.1 Å². The van der Waals surface area contributed by atoms with Crippen molar-refractivity contribution in [3.63, 3.8) is 0 Å². The van der Waals surface area contributed by atoms with Crippen molar-refractivity contribution in [2.45, 2.75) is 19.5 Å². The molecular weight excluding hydrogens is 241 g/mol. The standard InChI is InChI=1S/C13H13F3N2/c1-8-6-10(4-5-17)18-12-3-2-9(7-11(8)12)13(14,15)16/h2-3,6-7H,4-5,17H2,1H3. The molecule has 0 bridgehead atoms. The molecule has 0 amide bonds. The molecule has 2 rings (SSSR count). The first kappa shape index (κ1) is 12.8. The van der Waals surface area contributed by atoms with Crippen LogP contribution in [0.4, 0.5) is 13.2 Å². The van der Waals surface area contributed by atoms with Gasteiger partial charge in [-0.3, -0.25) is 4.98 Å². The van der Waals surface area contributed by atoms with Gasteiger partial charge in [-0.15, -0.1) is 0 Å². The molecule has 0 saturated heterocycles. The maximum absolute atomic E-state index is 12.6. The van der Waals surface area contributed by atoms with Gasteiger partial charge in [0.15, 0.2) is 0 Å². The fraction of sp³-hybridized carbons (Fsp3) is 0.308. The lowest BCUT2D eigenvalue weighted by Crippen LogP contribution is -2.06. The number of alkyl halides is 3. The highest BCUT2D eigenvalue weighted by Gasteiger charge is 2.30. The summed E-state index contributed by atoms with van der Waals surface area (Å²) >= 11 is 0. The maximum atomic E-state index is 12.6. The summed E-state index contributed by atoms with van der Waals surface area (Å²) < 4.78 is 37.8. The maximum Gasteiger partial charge on any atom is 0.416 e. The Morgan fingerprint density at radius 3 is 2.56 bits per heavy atom. The normalized spacial score (nSPS) is 12.1. The van der Waals surface area contributed by atoms with Crippen molar-refractivity contribution in [2.24, 2.45) is 5.73 Å². The van der Waals surface area contributed by atoms with Gasteiger partial charge in [0.05, 0.1) is 11.1 Å². The first-order valence-corrected chi connectivity index (χ1v) is 5.59. The van der Waals surface area contributed by atoms with Crippen molar-refractivity contribution in [2.75, 3.05) is 6.54 Å². The van der Waals surface area contributed by atoms with E-state index < -0.39 is 11.7 Å². The van der Waals surface area contributed by atoms with E-state index in [0.717, 1.165) is 23.4 Å². The van der Waals surface area contributed by atoms with Crippen LogP contribution < -0.4 is 5.73 Å². The van der Waals surface area contributed by atoms with Crippen molar-refractivity contribution in [1.29, 1.82) is 0 Å². The molecule has 1 aromatic heterocycles. The number of aromatic nitrogens is 1. The molecule has 1 heterocycles. The highest BCUT2D eigenvalue weighted by atomic mass is 19.4. The number of hydrogen-bond acceptors (Lipinski definition) is 2. The van der Waals surface area contributed by atoms with Gasteiger partial charge in [0.2, 0.25) is 0 Å². The molecule has 2 nitrogen and oxygen atoms in total. The monoisotopic (exact) mass is 254 g/mol. The molecule has 0 radical (unpaired) electrons. The number of rotatable bonds is 2. The van der Waals surface area contributed by atoms with Gasteiger partial charge in [0.25, 0.3) is 0 Å². The number of fused-ring (bicyclic) bond motifs is 1. The third-order valence-corrected chi connectivity index (χ3v) is 2.80. The zero-order valence-electron chi connectivity index (χ0n) is 9.88. The Labute approximate surface area is 103 Å². The topological polar surface area (TPSA) is 38.9 Å². The van der Waals surface area contributed by atoms with Gasteiger partial charge < -0.3 is 5.73 Å². The van der Waals surface area contributed by atoms with Crippen LogP contribution in [-0.4, -0.2) is 11.5 Å². The van der Waals surface area contributed by atoms with E-state index in [4.69, 9.17) is 5.73 Å². The van der Waals surface area contributed by atoms with Crippen molar-refractivity contribution in [3.8, 4) is 0 Å². The molecule has 0 aliphatic heterocycles. The predicted octanol–water partition coefficient (Wildman–Crippen LogP) is 3.06. The van der Waals surface area contributed by atoms with Crippen LogP contribution in [0.2, 0.25) is 0 Å². The van der Waals surface area contributed by atoms with Gasteiger partial charge in [0.1, 0.15) is 0 Å². The first-order chi connectivity index (χ1) is 8.41. The Hall–Kier alpha value is -1.62. The van der Waals surface area contributed by atoms with Crippen LogP contribution in [0, 0.1) is 6.92 Å². The number of hydrogen-bond donors (Lipinski definition) is 1. The summed E-state index contributed by atoms with van der Waals surface area (Å²) in [6.45, 7) is 2.25. The van der Waals surface area contributed by atoms with Gasteiger partial charge in [-0.2, -0.15) is 13.2 Å². The summed E-state index contributed by atoms with van der Waals surface area (Å²) in [5, 5.41) is 0.533. The molecule has 0 aliphatic carbocycles. The number of nitrogens with two attached hydrogens (primary N) is 1. The summed E-state index contributed by atoms with van der Waals surface area (Å²) in [6.07, 6.45) is -3.70. The van der Waals surface area contributed by atoms with Crippen LogP contribution in [0.3, 0.4) is 0 Å². The minimum absolute atomic E-state index is 0.471. The Morgan fingerprint density at radius 2 is 1.94 bits per heavy atom. The molecule has 1 aromatic carbocycles. The Kier molecular flexibility index (Phi) is 3.26. The minimum atomic E-state index is -4.32. The average Bonchev–Trinajstić information content (AvgIpc) is 2.27. The zero-order valence-corrected chi connectivity index (χ0v) is 9.88. The summed E-state index contributed by atoms with van der Waals surface area (Å²) in [5.74, 6) is 0. The van der Waals surface area contributed by atoms with E-state index in [1.54, 1.807) is 13.0 Å². The molecule has 0 spiro atoms. The molecule has 0 aliphatic rings. The molecule has 0 saturated carbocycles. The molecular formula is C13H13F3N2. The van der Waals surface area contributed by atoms with Gasteiger partial charge in [0, 0.05) is 17.5 Å². The van der Waals surface area contributed by atoms with Crippen LogP contribution in [-0.2, 0) is 12.6 Å². The lowest BCUT2D eigenvalue weighted by atomic mass is 10.0. The van der Waals surface area contributed by atoms with Crippen molar-refractivity contribution in [1.82, 2.24) is 4.98 Å². The van der Waals surface area contributed by atoms with E-state index in [-0.39, 0.29) is 0 Å². The van der Waals surface area contributed by atoms with E-state index in [0.29, 0.717) is 23.9 Å². The van der Waals surface area contributed by atoms with Gasteiger partial charge in [-0.05, 0) is 43.3 Å². The van der Waals surface area contributed by atoms with Crippen LogP contribution in [0.1, 0.15) is 16.8 Å². The highest BCUT2D eigenvalue weighted by Crippen LogP contribution is 2.32. The van der Waals surface area contributed by atoms with Crippen LogP contribution in [0.5, 0.6) is 0 Å². The zero-order chi connectivity index (χ0) is 13.3. The van der Waals surface area contributed by atoms with Gasteiger partial charge in [-0.1, -0.05) is 0 Å². The molecule has 2 aromatic rings. The van der Waals surface area contributed by atoms with Crippen LogP contribution >= 0.6 is 0 Å². The van der Waals surface area contributed by atoms with E-state index in [1.807, 2.05) is 0 Å². The van der Waals surface area contributed by atoms with Gasteiger partial charge >= 0.3 is 6.18 Å². The number of benzene rings is 1. The summed E-state index contributed by atoms with van der Waals surface area (Å²) in [4.78, 5) is 4.30. The van der Waals surface area contributed by atoms with Crippen molar-refractivity contribution < 1.29 is 13.2 Å². The quantitative estimate of drug-likeness (QED) is 0.894. The smallest absolute Gasteiger partial charge is 0.330 e. The second-order valence-electron chi connectivity index (χ2n) is 4.20. The first-order valence-electron chi connectivity index (χ1n) is 5.59. The molecule has 5 heteroatoms. The summed E-state index contributed by atoms with van der Waals surface area (Å²) in [5.41, 5.74) is 6.97. The Morgan fingerprint density at radius 1 is 1.22 bits per heavy atom. The van der Waals surface area contributed by atoms with Crippen molar-refractivity contribution >= 4 is 10.9 Å². The number of aryl methyl sites for hydroxylation is 1. The minimum Gasteiger partial charge on any atom is -0.330 e. The second kappa shape index (κ2) is 4.57. The summed E-state index contributed by atoms with van der Waals surface area (Å²) in [7, 11) is 0. The average molecular weight is 254 g/mol. The summed E-state index contributed by atoms with van der Waals surface area (Å²) in [6, 6.07) is 5.39. The van der Waals surface area contributed by atoms with E-state index in [2.05, 4.69) is 4.98 Å². The third kappa shape index (κ3) is 2.46. The molecule has 0 atom stereocenters. The molecule has 96 valence electrons. The highest BCUT2D eigenvalue weighted by molar-refractivity contribution is 5.83. The SMILES string of the molecule is Cc1cc(CCN)nc2ccc(C(F)(F)F)cc12. The Bertz CT molecular complexity index is 576. The molecule has 2 N–H and O–H groups in total. The fourth-order valence-corrected chi connectivity index (χ4v) is 1.92. The van der Waals surface area contributed by atoms with E-state index in [1.165, 1.54) is 6.07 Å². The lowest BCUT2D eigenvalue weighted by molar-refractivity contribution is -0.137. The third-order valence-electron chi connectivity index (χ3n) is 2.80. The van der Waals surface area contributed by atoms with E-state index >= 15 is 0 Å². The Balaban J connectivity index is 2.58. The van der Waals surface area contributed by atoms with Crippen LogP contribution in [0.15, 0.2) is 24.3 Å². The second-order valence-corrected chi connectivity index (χ2v) is 4.20. The molecule has 0 unspecified atom stereocenters. The molecule has 18 heavy (non-hydrogen) atoms. The van der Waals surface area contributed by atoms with E-state index in [9.17, 15) is 13.2 Å². The van der Waals surface area contributed by atoms with Crippen LogP contribution in [0.25, 0.3) is 10.9 Å². The van der Waals surface area contributed by atoms with Gasteiger partial charge in [-0.25, -0.2) is 0 Å².